The smallest absolute Gasteiger partial charge is 0.255 e. The van der Waals surface area contributed by atoms with Crippen LogP contribution in [-0.4, -0.2) is 45.7 Å². The second-order valence-electron chi connectivity index (χ2n) is 7.54. The minimum absolute atomic E-state index is 0.0209. The van der Waals surface area contributed by atoms with Crippen molar-refractivity contribution in [2.24, 2.45) is 5.73 Å². The summed E-state index contributed by atoms with van der Waals surface area (Å²) >= 11 is 1.67. The highest BCUT2D eigenvalue weighted by Crippen LogP contribution is 2.39. The Morgan fingerprint density at radius 2 is 2.07 bits per heavy atom. The van der Waals surface area contributed by atoms with Crippen LogP contribution >= 0.6 is 11.3 Å². The van der Waals surface area contributed by atoms with Crippen molar-refractivity contribution in [2.75, 3.05) is 13.1 Å². The molecule has 3 heterocycles. The first kappa shape index (κ1) is 19.0. The Hall–Kier alpha value is -2.32. The molecule has 1 fully saturated rings. The molecule has 2 aromatic rings. The number of thiazole rings is 1. The van der Waals surface area contributed by atoms with Crippen LogP contribution < -0.4 is 5.73 Å². The number of carbonyl (C=O) groups excluding carboxylic acids is 2. The van der Waals surface area contributed by atoms with E-state index in [1.165, 1.54) is 10.9 Å². The summed E-state index contributed by atoms with van der Waals surface area (Å²) in [7, 11) is 0. The molecule has 1 aromatic heterocycles. The first-order valence-electron chi connectivity index (χ1n) is 9.44. The van der Waals surface area contributed by atoms with E-state index in [1.807, 2.05) is 24.3 Å². The van der Waals surface area contributed by atoms with E-state index in [9.17, 15) is 14.0 Å². The van der Waals surface area contributed by atoms with Crippen molar-refractivity contribution in [2.45, 2.75) is 45.3 Å². The zero-order chi connectivity index (χ0) is 20.0. The molecule has 2 N–H and O–H groups in total. The predicted octanol–water partition coefficient (Wildman–Crippen LogP) is 2.87. The zero-order valence-corrected chi connectivity index (χ0v) is 16.8. The van der Waals surface area contributed by atoms with Crippen LogP contribution in [0, 0.1) is 12.7 Å². The first-order valence-corrected chi connectivity index (χ1v) is 10.3. The molecule has 0 radical (unpaired) electrons. The van der Waals surface area contributed by atoms with Gasteiger partial charge in [-0.3, -0.25) is 14.5 Å². The molecule has 1 saturated heterocycles. The second kappa shape index (κ2) is 7.25. The summed E-state index contributed by atoms with van der Waals surface area (Å²) in [6.45, 7) is 6.55. The molecule has 2 aliphatic rings. The van der Waals surface area contributed by atoms with Crippen molar-refractivity contribution >= 4 is 23.2 Å². The van der Waals surface area contributed by atoms with Crippen molar-refractivity contribution in [3.05, 3.63) is 50.7 Å². The Kier molecular flexibility index (Phi) is 4.93. The molecule has 0 saturated carbocycles. The Labute approximate surface area is 167 Å². The number of piperidine rings is 1. The Balaban J connectivity index is 1.50. The van der Waals surface area contributed by atoms with Crippen LogP contribution in [0.15, 0.2) is 17.6 Å². The summed E-state index contributed by atoms with van der Waals surface area (Å²) in [4.78, 5) is 34.6. The van der Waals surface area contributed by atoms with E-state index in [0.717, 1.165) is 44.2 Å². The molecular weight excluding hydrogens is 379 g/mol. The number of nitrogens with zero attached hydrogens (tertiary/aromatic N) is 3. The number of primary amides is 1. The Bertz CT molecular complexity index is 936. The highest BCUT2D eigenvalue weighted by Gasteiger charge is 2.41. The molecule has 1 aromatic carbocycles. The fourth-order valence-electron chi connectivity index (χ4n) is 4.36. The number of halogens is 1. The number of likely N-dealkylation sites (tertiary alicyclic amines) is 1. The predicted molar refractivity (Wildman–Crippen MR) is 105 cm³/mol. The van der Waals surface area contributed by atoms with E-state index >= 15 is 0 Å². The van der Waals surface area contributed by atoms with Crippen LogP contribution in [0.1, 0.15) is 62.7 Å². The molecule has 1 unspecified atom stereocenters. The lowest BCUT2D eigenvalue weighted by molar-refractivity contribution is 0.0511. The van der Waals surface area contributed by atoms with Crippen molar-refractivity contribution < 1.29 is 14.0 Å². The highest BCUT2D eigenvalue weighted by molar-refractivity contribution is 7.09. The molecule has 28 heavy (non-hydrogen) atoms. The van der Waals surface area contributed by atoms with Gasteiger partial charge >= 0.3 is 0 Å². The van der Waals surface area contributed by atoms with E-state index in [-0.39, 0.29) is 29.1 Å². The average molecular weight is 402 g/mol. The number of hydrogen-bond donors (Lipinski definition) is 1. The van der Waals surface area contributed by atoms with Gasteiger partial charge in [-0.15, -0.1) is 11.3 Å². The van der Waals surface area contributed by atoms with E-state index in [4.69, 9.17) is 5.73 Å². The first-order chi connectivity index (χ1) is 13.4. The lowest BCUT2D eigenvalue weighted by Crippen LogP contribution is -2.45. The largest absolute Gasteiger partial charge is 0.366 e. The molecule has 1 atom stereocenters. The number of nitrogens with two attached hydrogens (primary N) is 1. The molecule has 4 rings (SSSR count). The summed E-state index contributed by atoms with van der Waals surface area (Å²) in [5.41, 5.74) is 9.14. The monoisotopic (exact) mass is 402 g/mol. The van der Waals surface area contributed by atoms with Gasteiger partial charge in [0.2, 0.25) is 5.91 Å². The summed E-state index contributed by atoms with van der Waals surface area (Å²) in [6.07, 6.45) is 1.69. The number of carbonyl (C=O) groups is 2. The fourth-order valence-corrected chi connectivity index (χ4v) is 5.18. The molecule has 6 nitrogen and oxygen atoms in total. The fraction of sp³-hybridized carbons (Fsp3) is 0.450. The number of aromatic nitrogens is 1. The van der Waals surface area contributed by atoms with Crippen LogP contribution in [0.3, 0.4) is 0 Å². The van der Waals surface area contributed by atoms with Gasteiger partial charge in [-0.25, -0.2) is 9.37 Å². The van der Waals surface area contributed by atoms with Gasteiger partial charge in [0.25, 0.3) is 5.91 Å². The third kappa shape index (κ3) is 3.20. The second-order valence-corrected chi connectivity index (χ2v) is 8.48. The van der Waals surface area contributed by atoms with Crippen LogP contribution in [0.2, 0.25) is 0 Å². The topological polar surface area (TPSA) is 79.5 Å². The quantitative estimate of drug-likeness (QED) is 0.853. The Morgan fingerprint density at radius 3 is 2.68 bits per heavy atom. The number of hydrogen-bond acceptors (Lipinski definition) is 5. The summed E-state index contributed by atoms with van der Waals surface area (Å²) in [5, 5.41) is 0. The van der Waals surface area contributed by atoms with Crippen LogP contribution in [0.25, 0.3) is 0 Å². The molecule has 0 aliphatic carbocycles. The standard InChI is InChI=1S/C20H23FN4O2S/c1-11-17(28-10-23-11)9-24-5-3-14(4-6-24)25-12(2)15-7-13(21)8-16(19(22)26)18(15)20(25)27/h7-8,10,12,14H,3-6,9H2,1-2H3,(H2,22,26). The maximum atomic E-state index is 14.0. The molecule has 2 amide bonds. The van der Waals surface area contributed by atoms with Crippen LogP contribution in [-0.2, 0) is 6.54 Å². The van der Waals surface area contributed by atoms with E-state index < -0.39 is 11.7 Å². The van der Waals surface area contributed by atoms with Gasteiger partial charge in [-0.05, 0) is 44.4 Å². The van der Waals surface area contributed by atoms with E-state index in [2.05, 4.69) is 9.88 Å². The van der Waals surface area contributed by atoms with Crippen LogP contribution in [0.5, 0.6) is 0 Å². The van der Waals surface area contributed by atoms with Gasteiger partial charge in [0.05, 0.1) is 28.4 Å². The lowest BCUT2D eigenvalue weighted by Gasteiger charge is -2.38. The summed E-state index contributed by atoms with van der Waals surface area (Å²) in [6, 6.07) is 2.22. The van der Waals surface area contributed by atoms with Crippen molar-refractivity contribution in [1.29, 1.82) is 0 Å². The molecule has 148 valence electrons. The molecule has 0 bridgehead atoms. The van der Waals surface area contributed by atoms with Gasteiger partial charge in [-0.1, -0.05) is 0 Å². The Morgan fingerprint density at radius 1 is 1.36 bits per heavy atom. The number of fused-ring (bicyclic) bond motifs is 1. The van der Waals surface area contributed by atoms with E-state index in [0.29, 0.717) is 5.56 Å². The molecule has 0 spiro atoms. The zero-order valence-electron chi connectivity index (χ0n) is 15.9. The number of benzene rings is 1. The number of aryl methyl sites for hydroxylation is 1. The molecule has 8 heteroatoms. The third-order valence-electron chi connectivity index (χ3n) is 5.88. The molecular formula is C20H23FN4O2S. The van der Waals surface area contributed by atoms with E-state index in [1.54, 1.807) is 11.3 Å². The van der Waals surface area contributed by atoms with Crippen molar-refractivity contribution in [3.63, 3.8) is 0 Å². The maximum Gasteiger partial charge on any atom is 0.255 e. The average Bonchev–Trinajstić information content (AvgIpc) is 3.16. The lowest BCUT2D eigenvalue weighted by atomic mass is 9.99. The van der Waals surface area contributed by atoms with Gasteiger partial charge in [0.15, 0.2) is 0 Å². The summed E-state index contributed by atoms with van der Waals surface area (Å²) in [5.74, 6) is -1.52. The van der Waals surface area contributed by atoms with Crippen molar-refractivity contribution in [3.8, 4) is 0 Å². The third-order valence-corrected chi connectivity index (χ3v) is 6.80. The van der Waals surface area contributed by atoms with Gasteiger partial charge in [0.1, 0.15) is 5.82 Å². The van der Waals surface area contributed by atoms with Gasteiger partial charge < -0.3 is 10.6 Å². The SMILES string of the molecule is Cc1ncsc1CN1CCC(N2C(=O)c3c(C(N)=O)cc(F)cc3C2C)CC1. The number of amides is 2. The summed E-state index contributed by atoms with van der Waals surface area (Å²) < 4.78 is 14.0. The number of rotatable bonds is 4. The van der Waals surface area contributed by atoms with Gasteiger partial charge in [-0.2, -0.15) is 0 Å². The molecule has 2 aliphatic heterocycles. The van der Waals surface area contributed by atoms with Crippen LogP contribution in [0.4, 0.5) is 4.39 Å². The normalized spacial score (nSPS) is 20.6. The van der Waals surface area contributed by atoms with Gasteiger partial charge in [0, 0.05) is 30.6 Å². The minimum atomic E-state index is -0.770. The maximum absolute atomic E-state index is 14.0. The minimum Gasteiger partial charge on any atom is -0.366 e. The van der Waals surface area contributed by atoms with Crippen molar-refractivity contribution in [1.82, 2.24) is 14.8 Å². The highest BCUT2D eigenvalue weighted by atomic mass is 32.1.